The molecule has 0 bridgehead atoms. The average molecular weight is 711 g/mol. The molecule has 0 saturated carbocycles. The lowest BCUT2D eigenvalue weighted by molar-refractivity contribution is 0.0160. The Morgan fingerprint density at radius 1 is 0.714 bits per heavy atom. The van der Waals surface area contributed by atoms with Crippen molar-refractivity contribution in [3.63, 3.8) is 0 Å². The average Bonchev–Trinajstić information content (AvgIpc) is 3.11. The summed E-state index contributed by atoms with van der Waals surface area (Å²) in [6.07, 6.45) is -4.56. The molecule has 11 heteroatoms. The summed E-state index contributed by atoms with van der Waals surface area (Å²) >= 11 is 5.16. The molecule has 0 spiro atoms. The minimum atomic E-state index is -2.88. The molecule has 0 unspecified atom stereocenters. The normalized spacial score (nSPS) is 19.1. The molecule has 0 atom stereocenters. The topological polar surface area (TPSA) is 123 Å². The van der Waals surface area contributed by atoms with Gasteiger partial charge in [-0.1, -0.05) is 48.5 Å². The molecule has 2 heterocycles. The maximum Gasteiger partial charge on any atom is 0.410 e. The van der Waals surface area contributed by atoms with E-state index in [9.17, 15) is 24.3 Å². The number of ether oxygens (including phenoxy) is 3. The lowest BCUT2D eigenvalue weighted by Gasteiger charge is -2.33. The molecule has 0 aromatic heterocycles. The molecule has 2 amide bonds. The van der Waals surface area contributed by atoms with Crippen molar-refractivity contribution in [1.29, 1.82) is 0 Å². The predicted octanol–water partition coefficient (Wildman–Crippen LogP) is 7.96. The fourth-order valence-electron chi connectivity index (χ4n) is 4.52. The molecule has 2 aromatic carbocycles. The largest absolute Gasteiger partial charge is 0.462 e. The predicted molar refractivity (Wildman–Crippen MR) is 191 cm³/mol. The SMILES string of the molecule is O=C(Cl)c1ccccc1.[2H]C([2H])(O)C([2H])([2H])C1CCN(C(=O)OC(C)(C)C)CC1.[2H]C([2H])(OC(=O)c1ccccc1)C([2H])([2H])C1CCN(C(=O)OC(C)(C)C)CC1. The standard InChI is InChI=1S/C19H27NO4.C12H23NO3.C7H5ClO/c1-19(2,3)24-18(22)20-12-9-15(10-13-20)11-14-23-17(21)16-7-5-4-6-8-16;1-12(2,3)16-11(15)13-7-4-10(5-8-13)6-9-14;8-7(9)6-4-2-1-3-5-6/h4-8,15H,9-14H2,1-3H3;10,14H,4-9H2,1-3H3;1-5H/i11D2,14D2;6D2,9D2;. The third kappa shape index (κ3) is 17.5. The van der Waals surface area contributed by atoms with Crippen LogP contribution in [0.5, 0.6) is 0 Å². The fourth-order valence-corrected chi connectivity index (χ4v) is 4.64. The van der Waals surface area contributed by atoms with E-state index in [1.54, 1.807) is 84.0 Å². The molecule has 272 valence electrons. The first-order valence-electron chi connectivity index (χ1n) is 20.2. The van der Waals surface area contributed by atoms with E-state index in [0.717, 1.165) is 0 Å². The van der Waals surface area contributed by atoms with Crippen molar-refractivity contribution < 1.29 is 49.5 Å². The van der Waals surface area contributed by atoms with Crippen molar-refractivity contribution in [1.82, 2.24) is 9.80 Å². The first-order chi connectivity index (χ1) is 26.0. The van der Waals surface area contributed by atoms with Crippen LogP contribution in [0.25, 0.3) is 0 Å². The van der Waals surface area contributed by atoms with E-state index < -0.39 is 72.3 Å². The number of esters is 1. The Hall–Kier alpha value is -3.63. The van der Waals surface area contributed by atoms with Gasteiger partial charge in [-0.2, -0.15) is 0 Å². The van der Waals surface area contributed by atoms with Crippen LogP contribution in [0.4, 0.5) is 9.59 Å². The highest BCUT2D eigenvalue weighted by atomic mass is 35.5. The molecular weight excluding hydrogens is 648 g/mol. The Morgan fingerprint density at radius 2 is 1.10 bits per heavy atom. The molecule has 0 radical (unpaired) electrons. The number of nitrogens with zero attached hydrogens (tertiary/aromatic N) is 2. The first-order valence-corrected chi connectivity index (χ1v) is 16.6. The number of hydrogen-bond donors (Lipinski definition) is 1. The number of piperidine rings is 2. The smallest absolute Gasteiger partial charge is 0.410 e. The summed E-state index contributed by atoms with van der Waals surface area (Å²) in [6, 6.07) is 16.6. The van der Waals surface area contributed by atoms with Gasteiger partial charge in [0.05, 0.1) is 17.6 Å². The minimum Gasteiger partial charge on any atom is -0.462 e. The van der Waals surface area contributed by atoms with Gasteiger partial charge in [0.1, 0.15) is 11.2 Å². The highest BCUT2D eigenvalue weighted by molar-refractivity contribution is 6.67. The van der Waals surface area contributed by atoms with E-state index in [1.165, 1.54) is 21.9 Å². The summed E-state index contributed by atoms with van der Waals surface area (Å²) in [5.74, 6) is -2.24. The molecule has 2 fully saturated rings. The van der Waals surface area contributed by atoms with Crippen LogP contribution in [0.1, 0.15) is 112 Å². The van der Waals surface area contributed by atoms with Gasteiger partial charge in [-0.15, -0.1) is 0 Å². The van der Waals surface area contributed by atoms with Gasteiger partial charge >= 0.3 is 18.2 Å². The van der Waals surface area contributed by atoms with Gasteiger partial charge in [0.25, 0.3) is 5.24 Å². The van der Waals surface area contributed by atoms with Crippen molar-refractivity contribution in [3.05, 3.63) is 71.8 Å². The molecule has 1 N–H and O–H groups in total. The van der Waals surface area contributed by atoms with Gasteiger partial charge in [-0.05, 0) is 116 Å². The van der Waals surface area contributed by atoms with E-state index in [2.05, 4.69) is 0 Å². The Morgan fingerprint density at radius 3 is 1.45 bits per heavy atom. The fraction of sp³-hybridized carbons (Fsp3) is 0.579. The third-order valence-corrected chi connectivity index (χ3v) is 7.20. The van der Waals surface area contributed by atoms with Gasteiger partial charge in [-0.3, -0.25) is 4.79 Å². The van der Waals surface area contributed by atoms with Crippen molar-refractivity contribution in [2.45, 2.75) is 91.2 Å². The van der Waals surface area contributed by atoms with E-state index in [0.29, 0.717) is 31.5 Å². The second-order valence-corrected chi connectivity index (χ2v) is 13.7. The van der Waals surface area contributed by atoms with Crippen LogP contribution in [-0.2, 0) is 14.2 Å². The molecule has 49 heavy (non-hydrogen) atoms. The molecular formula is C38H55ClN2O8. The van der Waals surface area contributed by atoms with Gasteiger partial charge in [-0.25, -0.2) is 14.4 Å². The second-order valence-electron chi connectivity index (χ2n) is 13.4. The van der Waals surface area contributed by atoms with Crippen molar-refractivity contribution in [2.75, 3.05) is 39.3 Å². The molecule has 4 rings (SSSR count). The number of halogens is 1. The van der Waals surface area contributed by atoms with Crippen molar-refractivity contribution in [3.8, 4) is 0 Å². The van der Waals surface area contributed by atoms with Gasteiger partial charge < -0.3 is 29.1 Å². The van der Waals surface area contributed by atoms with Crippen LogP contribution < -0.4 is 0 Å². The van der Waals surface area contributed by atoms with Crippen LogP contribution >= 0.6 is 11.6 Å². The van der Waals surface area contributed by atoms with Crippen LogP contribution in [0, 0.1) is 11.8 Å². The highest BCUT2D eigenvalue weighted by Gasteiger charge is 2.28. The molecule has 2 aromatic rings. The molecule has 2 aliphatic heterocycles. The van der Waals surface area contributed by atoms with Crippen LogP contribution in [0.3, 0.4) is 0 Å². The van der Waals surface area contributed by atoms with Crippen molar-refractivity contribution in [2.24, 2.45) is 11.8 Å². The van der Waals surface area contributed by atoms with E-state index in [1.807, 2.05) is 6.07 Å². The number of carbonyl (C=O) groups excluding carboxylic acids is 4. The highest BCUT2D eigenvalue weighted by Crippen LogP contribution is 2.23. The monoisotopic (exact) mass is 710 g/mol. The summed E-state index contributed by atoms with van der Waals surface area (Å²) in [6.45, 7) is 6.05. The number of amides is 2. The zero-order valence-corrected chi connectivity index (χ0v) is 29.9. The van der Waals surface area contributed by atoms with E-state index in [4.69, 9.17) is 36.8 Å². The summed E-state index contributed by atoms with van der Waals surface area (Å²) in [5, 5.41) is 8.87. The summed E-state index contributed by atoms with van der Waals surface area (Å²) in [5.41, 5.74) is -0.502. The maximum atomic E-state index is 12.2. The summed E-state index contributed by atoms with van der Waals surface area (Å²) in [7, 11) is 0. The van der Waals surface area contributed by atoms with Gasteiger partial charge in [0.2, 0.25) is 0 Å². The van der Waals surface area contributed by atoms with E-state index in [-0.39, 0.29) is 31.5 Å². The number of benzene rings is 2. The summed E-state index contributed by atoms with van der Waals surface area (Å²) in [4.78, 5) is 49.5. The third-order valence-electron chi connectivity index (χ3n) is 6.98. The number of carbonyl (C=O) groups is 4. The van der Waals surface area contributed by atoms with Crippen molar-refractivity contribution >= 4 is 35.0 Å². The second kappa shape index (κ2) is 20.8. The quantitative estimate of drug-likeness (QED) is 0.174. The first kappa shape index (κ1) is 30.2. The number of likely N-dealkylation sites (tertiary alicyclic amines) is 2. The number of aliphatic hydroxyl groups is 1. The molecule has 2 aliphatic rings. The van der Waals surface area contributed by atoms with Gasteiger partial charge in [0.15, 0.2) is 0 Å². The van der Waals surface area contributed by atoms with Gasteiger partial charge in [0, 0.05) is 43.8 Å². The Balaban J connectivity index is 0.000000334. The molecule has 0 aliphatic carbocycles. The van der Waals surface area contributed by atoms with Crippen LogP contribution in [0.2, 0.25) is 0 Å². The molecule has 2 saturated heterocycles. The number of rotatable bonds is 7. The summed E-state index contributed by atoms with van der Waals surface area (Å²) < 4.78 is 77.8. The number of hydrogen-bond acceptors (Lipinski definition) is 8. The minimum absolute atomic E-state index is 0.155. The maximum absolute atomic E-state index is 12.2. The zero-order valence-electron chi connectivity index (χ0n) is 37.2. The lowest BCUT2D eigenvalue weighted by atomic mass is 9.94. The lowest BCUT2D eigenvalue weighted by Crippen LogP contribution is -2.41. The Kier molecular flexibility index (Phi) is 12.8. The zero-order chi connectivity index (χ0) is 43.6. The Labute approximate surface area is 308 Å². The molecule has 10 nitrogen and oxygen atoms in total. The Bertz CT molecular complexity index is 1620. The van der Waals surface area contributed by atoms with Crippen LogP contribution in [0.15, 0.2) is 60.7 Å². The van der Waals surface area contributed by atoms with E-state index >= 15 is 0 Å². The van der Waals surface area contributed by atoms with Crippen LogP contribution in [-0.4, -0.2) is 88.8 Å².